The summed E-state index contributed by atoms with van der Waals surface area (Å²) in [7, 11) is 0. The molecule has 0 atom stereocenters. The van der Waals surface area contributed by atoms with Gasteiger partial charge in [0.05, 0.1) is 0 Å². The molecule has 1 aliphatic rings. The molecule has 0 radical (unpaired) electrons. The van der Waals surface area contributed by atoms with Crippen molar-refractivity contribution in [2.75, 3.05) is 13.1 Å². The third-order valence-corrected chi connectivity index (χ3v) is 1.55. The number of nitrogens with one attached hydrogen (secondary N) is 1. The van der Waals surface area contributed by atoms with Crippen molar-refractivity contribution in [3.63, 3.8) is 0 Å². The predicted molar refractivity (Wildman–Crippen MR) is 39.3 cm³/mol. The second-order valence-corrected chi connectivity index (χ2v) is 2.38. The zero-order valence-electron chi connectivity index (χ0n) is 5.90. The van der Waals surface area contributed by atoms with Crippen LogP contribution in [0.15, 0.2) is 0 Å². The molecule has 0 amide bonds. The van der Waals surface area contributed by atoms with Gasteiger partial charge in [-0.05, 0) is 0 Å². The second kappa shape index (κ2) is 3.97. The van der Waals surface area contributed by atoms with Crippen molar-refractivity contribution in [1.82, 2.24) is 5.32 Å². The summed E-state index contributed by atoms with van der Waals surface area (Å²) in [6, 6.07) is 0. The van der Waals surface area contributed by atoms with Crippen LogP contribution in [0, 0.1) is 0 Å². The van der Waals surface area contributed by atoms with Gasteiger partial charge in [-0.3, -0.25) is 4.79 Å². The molecule has 0 unspecified atom stereocenters. The highest BCUT2D eigenvalue weighted by molar-refractivity contribution is 5.86. The van der Waals surface area contributed by atoms with Gasteiger partial charge in [-0.1, -0.05) is 0 Å². The number of Topliss-reactive ketones (excluding diaryl/α,β-unsaturated/α-hetero) is 1. The van der Waals surface area contributed by atoms with Crippen LogP contribution in [0.4, 0.5) is 8.78 Å². The molecule has 11 heavy (non-hydrogen) atoms. The summed E-state index contributed by atoms with van der Waals surface area (Å²) in [5, 5.41) is 2.73. The van der Waals surface area contributed by atoms with Crippen LogP contribution in [0.1, 0.15) is 12.8 Å². The molecule has 0 aromatic carbocycles. The van der Waals surface area contributed by atoms with Crippen molar-refractivity contribution in [2.45, 2.75) is 18.8 Å². The molecule has 1 N–H and O–H groups in total. The molecule has 66 valence electrons. The molecule has 0 spiro atoms. The number of carbonyl (C=O) groups is 1. The Morgan fingerprint density at radius 3 is 2.64 bits per heavy atom. The predicted octanol–water partition coefficient (Wildman–Crippen LogP) is 0.996. The highest BCUT2D eigenvalue weighted by Crippen LogP contribution is 2.21. The van der Waals surface area contributed by atoms with Gasteiger partial charge < -0.3 is 5.32 Å². The number of alkyl halides is 2. The van der Waals surface area contributed by atoms with Gasteiger partial charge >= 0.3 is 5.92 Å². The minimum atomic E-state index is -3.08. The average molecular weight is 186 g/mol. The zero-order chi connectivity index (χ0) is 7.61. The zero-order valence-corrected chi connectivity index (χ0v) is 6.72. The first-order valence-electron chi connectivity index (χ1n) is 3.25. The standard InChI is InChI=1S/C6H9F2NO.ClH/c7-6(8)2-4-9-3-1-5(6)10;/h9H,1-4H2;1H. The SMILES string of the molecule is Cl.O=C1CCNCCC1(F)F. The van der Waals surface area contributed by atoms with Gasteiger partial charge in [0.15, 0.2) is 0 Å². The second-order valence-electron chi connectivity index (χ2n) is 2.38. The Labute approximate surface area is 69.8 Å². The molecule has 1 heterocycles. The van der Waals surface area contributed by atoms with Crippen molar-refractivity contribution in [1.29, 1.82) is 0 Å². The fraction of sp³-hybridized carbons (Fsp3) is 0.833. The van der Waals surface area contributed by atoms with E-state index in [1.165, 1.54) is 0 Å². The Morgan fingerprint density at radius 1 is 1.36 bits per heavy atom. The van der Waals surface area contributed by atoms with Crippen LogP contribution >= 0.6 is 12.4 Å². The molecule has 5 heteroatoms. The van der Waals surface area contributed by atoms with E-state index in [2.05, 4.69) is 5.32 Å². The van der Waals surface area contributed by atoms with Crippen LogP contribution in [-0.4, -0.2) is 24.8 Å². The van der Waals surface area contributed by atoms with E-state index in [1.54, 1.807) is 0 Å². The van der Waals surface area contributed by atoms with Gasteiger partial charge in [0.25, 0.3) is 0 Å². The topological polar surface area (TPSA) is 29.1 Å². The smallest absolute Gasteiger partial charge is 0.306 e. The van der Waals surface area contributed by atoms with E-state index in [0.717, 1.165) is 0 Å². The first kappa shape index (κ1) is 10.8. The summed E-state index contributed by atoms with van der Waals surface area (Å²) in [4.78, 5) is 10.5. The van der Waals surface area contributed by atoms with Gasteiger partial charge in [0.1, 0.15) is 0 Å². The van der Waals surface area contributed by atoms with Crippen LogP contribution in [0.25, 0.3) is 0 Å². The number of carbonyl (C=O) groups excluding carboxylic acids is 1. The van der Waals surface area contributed by atoms with Crippen molar-refractivity contribution < 1.29 is 13.6 Å². The van der Waals surface area contributed by atoms with E-state index in [1.807, 2.05) is 0 Å². The minimum Gasteiger partial charge on any atom is -0.316 e. The highest BCUT2D eigenvalue weighted by atomic mass is 35.5. The van der Waals surface area contributed by atoms with Crippen LogP contribution in [0.2, 0.25) is 0 Å². The normalized spacial score (nSPS) is 23.6. The molecule has 1 aliphatic heterocycles. The van der Waals surface area contributed by atoms with Gasteiger partial charge in [-0.15, -0.1) is 12.4 Å². The van der Waals surface area contributed by atoms with Crippen molar-refractivity contribution in [3.05, 3.63) is 0 Å². The Hall–Kier alpha value is -0.220. The van der Waals surface area contributed by atoms with Crippen LogP contribution in [0.3, 0.4) is 0 Å². The Balaban J connectivity index is 0.000001000. The summed E-state index contributed by atoms with van der Waals surface area (Å²) in [6.45, 7) is 0.618. The third-order valence-electron chi connectivity index (χ3n) is 1.55. The monoisotopic (exact) mass is 185 g/mol. The number of hydrogen-bond donors (Lipinski definition) is 1. The van der Waals surface area contributed by atoms with Crippen molar-refractivity contribution in [2.24, 2.45) is 0 Å². The summed E-state index contributed by atoms with van der Waals surface area (Å²) >= 11 is 0. The number of hydrogen-bond acceptors (Lipinski definition) is 2. The van der Waals surface area contributed by atoms with Crippen molar-refractivity contribution in [3.8, 4) is 0 Å². The maximum atomic E-state index is 12.5. The van der Waals surface area contributed by atoms with Crippen molar-refractivity contribution >= 4 is 18.2 Å². The molecular weight excluding hydrogens is 176 g/mol. The molecule has 1 rings (SSSR count). The van der Waals surface area contributed by atoms with Crippen LogP contribution in [0.5, 0.6) is 0 Å². The van der Waals surface area contributed by atoms with E-state index < -0.39 is 11.7 Å². The molecule has 0 saturated carbocycles. The molecule has 0 aromatic heterocycles. The maximum absolute atomic E-state index is 12.5. The first-order valence-corrected chi connectivity index (χ1v) is 3.25. The van der Waals surface area contributed by atoms with Gasteiger partial charge in [-0.25, -0.2) is 0 Å². The van der Waals surface area contributed by atoms with E-state index >= 15 is 0 Å². The summed E-state index contributed by atoms with van der Waals surface area (Å²) in [5.41, 5.74) is 0. The molecule has 1 saturated heterocycles. The first-order chi connectivity index (χ1) is 4.63. The summed E-state index contributed by atoms with van der Waals surface area (Å²) in [5.74, 6) is -4.01. The van der Waals surface area contributed by atoms with Gasteiger partial charge in [-0.2, -0.15) is 8.78 Å². The Kier molecular flexibility index (Phi) is 3.89. The molecule has 0 bridgehead atoms. The lowest BCUT2D eigenvalue weighted by Gasteiger charge is -2.09. The lowest BCUT2D eigenvalue weighted by Crippen LogP contribution is -2.27. The van der Waals surface area contributed by atoms with Crippen LogP contribution in [-0.2, 0) is 4.79 Å². The van der Waals surface area contributed by atoms with Gasteiger partial charge in [0.2, 0.25) is 5.78 Å². The van der Waals surface area contributed by atoms with E-state index in [4.69, 9.17) is 0 Å². The molecule has 1 fully saturated rings. The molecule has 2 nitrogen and oxygen atoms in total. The Morgan fingerprint density at radius 2 is 2.00 bits per heavy atom. The fourth-order valence-electron chi connectivity index (χ4n) is 0.895. The minimum absolute atomic E-state index is 0. The Bertz CT molecular complexity index is 152. The quantitative estimate of drug-likeness (QED) is 0.610. The average Bonchev–Trinajstić information content (AvgIpc) is 1.96. The summed E-state index contributed by atoms with van der Waals surface area (Å²) < 4.78 is 24.9. The van der Waals surface area contributed by atoms with E-state index in [0.29, 0.717) is 6.54 Å². The maximum Gasteiger partial charge on any atom is 0.306 e. The lowest BCUT2D eigenvalue weighted by molar-refractivity contribution is -0.142. The third kappa shape index (κ3) is 2.71. The number of halogens is 3. The fourth-order valence-corrected chi connectivity index (χ4v) is 0.895. The largest absolute Gasteiger partial charge is 0.316 e. The highest BCUT2D eigenvalue weighted by Gasteiger charge is 2.38. The molecule has 0 aliphatic carbocycles. The van der Waals surface area contributed by atoms with Crippen LogP contribution < -0.4 is 5.32 Å². The summed E-state index contributed by atoms with van der Waals surface area (Å²) in [6.07, 6.45) is -0.404. The molecular formula is C6H10ClF2NO. The number of rotatable bonds is 0. The number of ketones is 1. The van der Waals surface area contributed by atoms with E-state index in [9.17, 15) is 13.6 Å². The van der Waals surface area contributed by atoms with E-state index in [-0.39, 0.29) is 31.8 Å². The lowest BCUT2D eigenvalue weighted by atomic mass is 10.1. The molecule has 0 aromatic rings. The van der Waals surface area contributed by atoms with Gasteiger partial charge in [0, 0.05) is 25.9 Å².